The second kappa shape index (κ2) is 37.1. The zero-order chi connectivity index (χ0) is 25.4. The van der Waals surface area contributed by atoms with Gasteiger partial charge in [0.05, 0.1) is 1.93 Å². The minimum atomic E-state index is 0.842. The van der Waals surface area contributed by atoms with Gasteiger partial charge in [-0.1, -0.05) is 222 Å². The first kappa shape index (κ1) is 38.1. The number of halogens is 3. The van der Waals surface area contributed by atoms with Crippen LogP contribution in [0.4, 0.5) is 0 Å². The first-order chi connectivity index (χ1) is 16.7. The molecule has 0 amide bonds. The molecule has 0 aromatic rings. The quantitative estimate of drug-likeness (QED) is 0.0335. The Hall–Kier alpha value is 1.93. The minimum Gasteiger partial charge on any atom is -0.103 e. The van der Waals surface area contributed by atoms with E-state index in [2.05, 4.69) is 81.3 Å². The van der Waals surface area contributed by atoms with Crippen LogP contribution in [0.3, 0.4) is 0 Å². The van der Waals surface area contributed by atoms with Crippen molar-refractivity contribution >= 4 is 67.8 Å². The number of alkyl halides is 3. The van der Waals surface area contributed by atoms with Crippen molar-refractivity contribution in [3.8, 4) is 0 Å². The summed E-state index contributed by atoms with van der Waals surface area (Å²) in [6.45, 7) is 6.06. The molecule has 0 aliphatic rings. The fourth-order valence-corrected chi connectivity index (χ4v) is 5.71. The zero-order valence-corrected chi connectivity index (χ0v) is 29.6. The second-order valence-electron chi connectivity index (χ2n) is 10.1. The van der Waals surface area contributed by atoms with Gasteiger partial charge in [0, 0.05) is 0 Å². The predicted molar refractivity (Wildman–Crippen MR) is 187 cm³/mol. The van der Waals surface area contributed by atoms with Crippen molar-refractivity contribution in [1.29, 1.82) is 0 Å². The molecule has 34 heavy (non-hydrogen) atoms. The van der Waals surface area contributed by atoms with Gasteiger partial charge < -0.3 is 0 Å². The van der Waals surface area contributed by atoms with Crippen molar-refractivity contribution < 1.29 is 0 Å². The Morgan fingerprint density at radius 3 is 1.15 bits per heavy atom. The fourth-order valence-electron chi connectivity index (χ4n) is 4.29. The van der Waals surface area contributed by atoms with Gasteiger partial charge >= 0.3 is 0 Å². The largest absolute Gasteiger partial charge is 0.103 e. The SMILES string of the molecule is C=CCCCCCCCCCCCCCCCCCC.ICCCCCCCCCCC(I)I. The van der Waals surface area contributed by atoms with E-state index < -0.39 is 0 Å². The van der Waals surface area contributed by atoms with Crippen molar-refractivity contribution in [2.24, 2.45) is 0 Å². The standard InChI is InChI=1S/C20H40.C11H21I3/c1-3-5-7-9-11-13-15-17-19-20-18-16-14-12-10-8-6-4-2;12-10-8-6-4-2-1-3-5-7-9-11(13)14/h3H,1,4-20H2,2H3;11H,1-10H2. The van der Waals surface area contributed by atoms with E-state index in [4.69, 9.17) is 0 Å². The van der Waals surface area contributed by atoms with Crippen LogP contribution in [0.15, 0.2) is 12.7 Å². The van der Waals surface area contributed by atoms with Crippen LogP contribution >= 0.6 is 67.8 Å². The maximum atomic E-state index is 3.77. The van der Waals surface area contributed by atoms with Gasteiger partial charge in [-0.25, -0.2) is 0 Å². The van der Waals surface area contributed by atoms with Gasteiger partial charge in [-0.15, -0.1) is 6.58 Å². The average Bonchev–Trinajstić information content (AvgIpc) is 2.83. The van der Waals surface area contributed by atoms with Gasteiger partial charge in [0.25, 0.3) is 0 Å². The highest BCUT2D eigenvalue weighted by Crippen LogP contribution is 2.19. The molecule has 0 N–H and O–H groups in total. The van der Waals surface area contributed by atoms with Crippen LogP contribution in [0.5, 0.6) is 0 Å². The maximum absolute atomic E-state index is 3.77. The van der Waals surface area contributed by atoms with Crippen molar-refractivity contribution in [1.82, 2.24) is 0 Å². The first-order valence-electron chi connectivity index (χ1n) is 15.1. The van der Waals surface area contributed by atoms with E-state index in [0.717, 1.165) is 1.93 Å². The molecular weight excluding hydrogens is 753 g/mol. The molecule has 0 atom stereocenters. The molecule has 0 saturated carbocycles. The summed E-state index contributed by atoms with van der Waals surface area (Å²) in [4.78, 5) is 0. The van der Waals surface area contributed by atoms with Gasteiger partial charge in [0.1, 0.15) is 0 Å². The molecule has 0 bridgehead atoms. The Labute approximate surface area is 258 Å². The Morgan fingerprint density at radius 1 is 0.500 bits per heavy atom. The van der Waals surface area contributed by atoms with E-state index in [1.54, 1.807) is 0 Å². The molecule has 0 aromatic carbocycles. The molecule has 0 aromatic heterocycles. The van der Waals surface area contributed by atoms with Crippen molar-refractivity contribution in [3.05, 3.63) is 12.7 Å². The average molecular weight is 815 g/mol. The monoisotopic (exact) mass is 814 g/mol. The summed E-state index contributed by atoms with van der Waals surface area (Å²) < 4.78 is 2.18. The summed E-state index contributed by atoms with van der Waals surface area (Å²) in [6.07, 6.45) is 39.5. The van der Waals surface area contributed by atoms with Gasteiger partial charge in [-0.05, 0) is 30.1 Å². The third-order valence-electron chi connectivity index (χ3n) is 6.57. The molecule has 0 fully saturated rings. The number of hydrogen-bond donors (Lipinski definition) is 0. The van der Waals surface area contributed by atoms with E-state index in [1.807, 2.05) is 6.08 Å². The zero-order valence-electron chi connectivity index (χ0n) is 23.1. The van der Waals surface area contributed by atoms with Gasteiger partial charge in [-0.2, -0.15) is 0 Å². The van der Waals surface area contributed by atoms with Crippen molar-refractivity contribution in [2.75, 3.05) is 4.43 Å². The summed E-state index contributed by atoms with van der Waals surface area (Å²) in [5, 5.41) is 0. The van der Waals surface area contributed by atoms with Crippen LogP contribution in [-0.2, 0) is 0 Å². The Morgan fingerprint density at radius 2 is 0.824 bits per heavy atom. The van der Waals surface area contributed by atoms with Gasteiger partial charge in [0.15, 0.2) is 0 Å². The van der Waals surface area contributed by atoms with E-state index in [9.17, 15) is 0 Å². The highest BCUT2D eigenvalue weighted by molar-refractivity contribution is 14.2. The van der Waals surface area contributed by atoms with Crippen LogP contribution in [0, 0.1) is 0 Å². The molecule has 0 rings (SSSR count). The molecule has 0 spiro atoms. The molecular formula is C31H61I3. The lowest BCUT2D eigenvalue weighted by atomic mass is 10.0. The van der Waals surface area contributed by atoms with Crippen molar-refractivity contribution in [2.45, 2.75) is 176 Å². The first-order valence-corrected chi connectivity index (χ1v) is 19.2. The molecule has 0 saturated heterocycles. The molecule has 0 heterocycles. The molecule has 0 radical (unpaired) electrons. The fraction of sp³-hybridized carbons (Fsp3) is 0.935. The minimum absolute atomic E-state index is 0.842. The lowest BCUT2D eigenvalue weighted by Gasteiger charge is -2.03. The lowest BCUT2D eigenvalue weighted by molar-refractivity contribution is 0.530. The van der Waals surface area contributed by atoms with Gasteiger partial charge in [0.2, 0.25) is 0 Å². The van der Waals surface area contributed by atoms with E-state index in [-0.39, 0.29) is 0 Å². The van der Waals surface area contributed by atoms with E-state index >= 15 is 0 Å². The Balaban J connectivity index is 0. The summed E-state index contributed by atoms with van der Waals surface area (Å²) in [5.41, 5.74) is 0. The maximum Gasteiger partial charge on any atom is 0.0626 e. The van der Waals surface area contributed by atoms with Gasteiger partial charge in [-0.3, -0.25) is 0 Å². The molecule has 0 aliphatic heterocycles. The molecule has 3 heteroatoms. The highest BCUT2D eigenvalue weighted by Gasteiger charge is 1.97. The molecule has 206 valence electrons. The molecule has 0 unspecified atom stereocenters. The Kier molecular flexibility index (Phi) is 41.5. The number of rotatable bonds is 27. The normalized spacial score (nSPS) is 11.0. The topological polar surface area (TPSA) is 0 Å². The van der Waals surface area contributed by atoms with Crippen LogP contribution in [-0.4, -0.2) is 6.36 Å². The second-order valence-corrected chi connectivity index (χ2v) is 16.5. The van der Waals surface area contributed by atoms with Crippen molar-refractivity contribution in [3.63, 3.8) is 0 Å². The third kappa shape index (κ3) is 41.1. The molecule has 0 aliphatic carbocycles. The summed E-state index contributed by atoms with van der Waals surface area (Å²) in [6, 6.07) is 0. The molecule has 0 nitrogen and oxygen atoms in total. The summed E-state index contributed by atoms with van der Waals surface area (Å²) >= 11 is 7.50. The summed E-state index contributed by atoms with van der Waals surface area (Å²) in [7, 11) is 0. The van der Waals surface area contributed by atoms with E-state index in [0.29, 0.717) is 0 Å². The van der Waals surface area contributed by atoms with Crippen LogP contribution in [0.2, 0.25) is 0 Å². The number of unbranched alkanes of at least 4 members (excludes halogenated alkanes) is 23. The van der Waals surface area contributed by atoms with Crippen LogP contribution < -0.4 is 0 Å². The predicted octanol–water partition coefficient (Wildman–Crippen LogP) is 14.0. The van der Waals surface area contributed by atoms with Crippen LogP contribution in [0.25, 0.3) is 0 Å². The highest BCUT2D eigenvalue weighted by atomic mass is 127. The Bertz CT molecular complexity index is 344. The summed E-state index contributed by atoms with van der Waals surface area (Å²) in [5.74, 6) is 0. The van der Waals surface area contributed by atoms with Crippen LogP contribution in [0.1, 0.15) is 174 Å². The lowest BCUT2D eigenvalue weighted by Crippen LogP contribution is -1.86. The number of hydrogen-bond acceptors (Lipinski definition) is 0. The number of allylic oxidation sites excluding steroid dienone is 1. The third-order valence-corrected chi connectivity index (χ3v) is 8.58. The smallest absolute Gasteiger partial charge is 0.0626 e. The van der Waals surface area contributed by atoms with E-state index in [1.165, 1.54) is 171 Å².